The van der Waals surface area contributed by atoms with Gasteiger partial charge in [0.25, 0.3) is 10.1 Å². The number of rotatable bonds is 4. The summed E-state index contributed by atoms with van der Waals surface area (Å²) < 4.78 is 30.9. The normalized spacial score (nSPS) is 16.4. The third-order valence-corrected chi connectivity index (χ3v) is 3.54. The SMILES string of the molecule is C=C(C)C(=O)C(N)(C(C)C)S(=O)(=O)O. The lowest BCUT2D eigenvalue weighted by molar-refractivity contribution is -0.119. The molecular weight excluding hydrogens is 206 g/mol. The molecule has 0 aromatic heterocycles. The Morgan fingerprint density at radius 1 is 1.50 bits per heavy atom. The summed E-state index contributed by atoms with van der Waals surface area (Å²) in [5.74, 6) is -1.60. The Morgan fingerprint density at radius 3 is 1.93 bits per heavy atom. The van der Waals surface area contributed by atoms with E-state index in [0.717, 1.165) is 0 Å². The molecule has 3 N–H and O–H groups in total. The highest BCUT2D eigenvalue weighted by atomic mass is 32.2. The summed E-state index contributed by atoms with van der Waals surface area (Å²) in [6.45, 7) is 7.53. The molecule has 0 aliphatic heterocycles. The van der Waals surface area contributed by atoms with E-state index in [4.69, 9.17) is 10.3 Å². The molecule has 0 aromatic rings. The van der Waals surface area contributed by atoms with E-state index < -0.39 is 26.7 Å². The monoisotopic (exact) mass is 221 g/mol. The average Bonchev–Trinajstić information content (AvgIpc) is 1.98. The number of Topliss-reactive ketones (excluding diaryl/α,β-unsaturated/α-hetero) is 1. The molecule has 0 aliphatic rings. The predicted molar refractivity (Wildman–Crippen MR) is 53.1 cm³/mol. The average molecular weight is 221 g/mol. The Balaban J connectivity index is 5.58. The summed E-state index contributed by atoms with van der Waals surface area (Å²) >= 11 is 0. The van der Waals surface area contributed by atoms with Crippen LogP contribution in [0.15, 0.2) is 12.2 Å². The van der Waals surface area contributed by atoms with Crippen molar-refractivity contribution in [2.24, 2.45) is 11.7 Å². The Hall–Kier alpha value is -0.720. The first-order valence-electron chi connectivity index (χ1n) is 4.01. The zero-order valence-corrected chi connectivity index (χ0v) is 9.26. The Morgan fingerprint density at radius 2 is 1.86 bits per heavy atom. The highest BCUT2D eigenvalue weighted by Gasteiger charge is 2.49. The van der Waals surface area contributed by atoms with Crippen LogP contribution in [0.4, 0.5) is 0 Å². The van der Waals surface area contributed by atoms with Crippen molar-refractivity contribution < 1.29 is 17.8 Å². The minimum absolute atomic E-state index is 0.00109. The highest BCUT2D eigenvalue weighted by Crippen LogP contribution is 2.23. The third-order valence-electron chi connectivity index (χ3n) is 2.03. The fourth-order valence-electron chi connectivity index (χ4n) is 1.01. The molecule has 0 bridgehead atoms. The summed E-state index contributed by atoms with van der Waals surface area (Å²) in [5, 5.41) is 0. The molecule has 5 nitrogen and oxygen atoms in total. The first-order valence-corrected chi connectivity index (χ1v) is 5.45. The molecule has 0 saturated heterocycles. The second-order valence-corrected chi connectivity index (χ2v) is 5.16. The maximum atomic E-state index is 11.5. The van der Waals surface area contributed by atoms with Crippen molar-refractivity contribution in [3.05, 3.63) is 12.2 Å². The Kier molecular flexibility index (Phi) is 3.60. The molecule has 0 fully saturated rings. The summed E-state index contributed by atoms with van der Waals surface area (Å²) in [6.07, 6.45) is 0. The largest absolute Gasteiger partial charge is 0.304 e. The van der Waals surface area contributed by atoms with Gasteiger partial charge in [0.1, 0.15) is 0 Å². The van der Waals surface area contributed by atoms with Crippen molar-refractivity contribution in [2.45, 2.75) is 25.6 Å². The Labute approximate surface area is 83.7 Å². The van der Waals surface area contributed by atoms with Crippen LogP contribution in [0.1, 0.15) is 20.8 Å². The van der Waals surface area contributed by atoms with Gasteiger partial charge in [-0.15, -0.1) is 0 Å². The van der Waals surface area contributed by atoms with E-state index in [1.165, 1.54) is 20.8 Å². The van der Waals surface area contributed by atoms with Gasteiger partial charge in [-0.3, -0.25) is 9.35 Å². The van der Waals surface area contributed by atoms with Crippen molar-refractivity contribution in [3.8, 4) is 0 Å². The first kappa shape index (κ1) is 13.3. The quantitative estimate of drug-likeness (QED) is 0.526. The maximum absolute atomic E-state index is 11.5. The van der Waals surface area contributed by atoms with Crippen molar-refractivity contribution >= 4 is 15.9 Å². The van der Waals surface area contributed by atoms with Crippen molar-refractivity contribution in [2.75, 3.05) is 0 Å². The molecule has 0 aromatic carbocycles. The zero-order valence-electron chi connectivity index (χ0n) is 8.44. The third kappa shape index (κ3) is 2.02. The number of ketones is 1. The smallest absolute Gasteiger partial charge is 0.291 e. The molecule has 0 rings (SSSR count). The predicted octanol–water partition coefficient (Wildman–Crippen LogP) is 0.330. The number of nitrogens with two attached hydrogens (primary N) is 1. The van der Waals surface area contributed by atoms with E-state index >= 15 is 0 Å². The van der Waals surface area contributed by atoms with E-state index in [2.05, 4.69) is 6.58 Å². The summed E-state index contributed by atoms with van der Waals surface area (Å²) in [4.78, 5) is 9.20. The molecule has 1 atom stereocenters. The molecular formula is C8H15NO4S. The number of carbonyl (C=O) groups is 1. The lowest BCUT2D eigenvalue weighted by atomic mass is 9.96. The Bertz CT molecular complexity index is 358. The number of carbonyl (C=O) groups excluding carboxylic acids is 1. The van der Waals surface area contributed by atoms with Crippen LogP contribution in [-0.2, 0) is 14.9 Å². The molecule has 6 heteroatoms. The highest BCUT2D eigenvalue weighted by molar-refractivity contribution is 7.88. The van der Waals surface area contributed by atoms with Crippen LogP contribution in [0.3, 0.4) is 0 Å². The molecule has 14 heavy (non-hydrogen) atoms. The van der Waals surface area contributed by atoms with Gasteiger partial charge < -0.3 is 5.73 Å². The van der Waals surface area contributed by atoms with Crippen LogP contribution in [0.25, 0.3) is 0 Å². The lowest BCUT2D eigenvalue weighted by Crippen LogP contribution is -2.58. The van der Waals surface area contributed by atoms with Gasteiger partial charge in [-0.05, 0) is 18.4 Å². The maximum Gasteiger partial charge on any atom is 0.291 e. The molecule has 0 saturated carbocycles. The standard InChI is InChI=1S/C8H15NO4S/c1-5(2)7(10)8(9,6(3)4)14(11,12)13/h6H,1,9H2,2-4H3,(H,11,12,13). The van der Waals surface area contributed by atoms with Crippen molar-refractivity contribution in [3.63, 3.8) is 0 Å². The fourth-order valence-corrected chi connectivity index (χ4v) is 2.01. The van der Waals surface area contributed by atoms with E-state index in [9.17, 15) is 13.2 Å². The van der Waals surface area contributed by atoms with Crippen molar-refractivity contribution in [1.82, 2.24) is 0 Å². The van der Waals surface area contributed by atoms with Crippen LogP contribution in [0, 0.1) is 5.92 Å². The van der Waals surface area contributed by atoms with Crippen LogP contribution in [0.5, 0.6) is 0 Å². The molecule has 0 radical (unpaired) electrons. The van der Waals surface area contributed by atoms with E-state index in [1.807, 2.05) is 0 Å². The minimum Gasteiger partial charge on any atom is -0.304 e. The summed E-state index contributed by atoms with van der Waals surface area (Å²) in [7, 11) is -4.64. The van der Waals surface area contributed by atoms with Gasteiger partial charge in [0.15, 0.2) is 5.78 Å². The second kappa shape index (κ2) is 3.80. The molecule has 82 valence electrons. The molecule has 0 spiro atoms. The van der Waals surface area contributed by atoms with Gasteiger partial charge >= 0.3 is 0 Å². The van der Waals surface area contributed by atoms with Gasteiger partial charge in [-0.1, -0.05) is 20.4 Å². The number of hydrogen-bond acceptors (Lipinski definition) is 4. The molecule has 0 heterocycles. The van der Waals surface area contributed by atoms with Crippen LogP contribution >= 0.6 is 0 Å². The first-order chi connectivity index (χ1) is 6.05. The topological polar surface area (TPSA) is 97.5 Å². The van der Waals surface area contributed by atoms with Crippen LogP contribution in [-0.4, -0.2) is 23.6 Å². The number of hydrogen-bond donors (Lipinski definition) is 2. The second-order valence-electron chi connectivity index (χ2n) is 3.53. The lowest BCUT2D eigenvalue weighted by Gasteiger charge is -2.28. The summed E-state index contributed by atoms with van der Waals surface area (Å²) in [5.41, 5.74) is 5.41. The van der Waals surface area contributed by atoms with E-state index in [1.54, 1.807) is 0 Å². The fraction of sp³-hybridized carbons (Fsp3) is 0.625. The van der Waals surface area contributed by atoms with Crippen LogP contribution < -0.4 is 5.73 Å². The van der Waals surface area contributed by atoms with E-state index in [0.29, 0.717) is 0 Å². The van der Waals surface area contributed by atoms with Gasteiger partial charge in [-0.2, -0.15) is 8.42 Å². The zero-order chi connectivity index (χ0) is 11.7. The molecule has 1 unspecified atom stereocenters. The van der Waals surface area contributed by atoms with Gasteiger partial charge in [0.2, 0.25) is 4.87 Å². The van der Waals surface area contributed by atoms with Crippen LogP contribution in [0.2, 0.25) is 0 Å². The van der Waals surface area contributed by atoms with Gasteiger partial charge in [0.05, 0.1) is 0 Å². The van der Waals surface area contributed by atoms with Crippen molar-refractivity contribution in [1.29, 1.82) is 0 Å². The molecule has 0 aliphatic carbocycles. The van der Waals surface area contributed by atoms with Gasteiger partial charge in [-0.25, -0.2) is 0 Å². The summed E-state index contributed by atoms with van der Waals surface area (Å²) in [6, 6.07) is 0. The van der Waals surface area contributed by atoms with Gasteiger partial charge in [0, 0.05) is 0 Å². The minimum atomic E-state index is -4.64. The molecule has 0 amide bonds. The van der Waals surface area contributed by atoms with E-state index in [-0.39, 0.29) is 5.57 Å².